The van der Waals surface area contributed by atoms with Gasteiger partial charge < -0.3 is 4.74 Å². The monoisotopic (exact) mass is 322 g/mol. The van der Waals surface area contributed by atoms with Crippen molar-refractivity contribution >= 4 is 21.9 Å². The Labute approximate surface area is 118 Å². The predicted octanol–water partition coefficient (Wildman–Crippen LogP) is 2.09. The Bertz CT molecular complexity index is 695. The van der Waals surface area contributed by atoms with Crippen molar-refractivity contribution in [3.8, 4) is 5.69 Å². The van der Waals surface area contributed by atoms with E-state index in [2.05, 4.69) is 25.8 Å². The molecule has 0 spiro atoms. The number of benzene rings is 1. The van der Waals surface area contributed by atoms with E-state index in [0.717, 1.165) is 4.47 Å². The molecule has 0 fully saturated rings. The second-order valence-corrected chi connectivity index (χ2v) is 4.80. The van der Waals surface area contributed by atoms with Gasteiger partial charge in [0.25, 0.3) is 5.56 Å². The molecule has 0 amide bonds. The summed E-state index contributed by atoms with van der Waals surface area (Å²) in [6.45, 7) is 1.71. The maximum Gasteiger partial charge on any atom is 0.343 e. The summed E-state index contributed by atoms with van der Waals surface area (Å²) in [5, 5.41) is 4.14. The Morgan fingerprint density at radius 2 is 2.11 bits per heavy atom. The molecule has 2 rings (SSSR count). The number of carbonyl (C=O) groups excluding carboxylic acids is 1. The largest absolute Gasteiger partial charge is 0.465 e. The SMILES string of the molecule is COC(=O)c1cc(C)nn(-c2cccc(Br)c2)c1=O. The number of esters is 1. The minimum absolute atomic E-state index is 0.0324. The number of rotatable bonds is 2. The summed E-state index contributed by atoms with van der Waals surface area (Å²) in [5.41, 5.74) is 0.596. The molecule has 1 aromatic heterocycles. The van der Waals surface area contributed by atoms with Crippen LogP contribution in [-0.4, -0.2) is 22.9 Å². The maximum atomic E-state index is 12.2. The van der Waals surface area contributed by atoms with Crippen LogP contribution in [0.25, 0.3) is 5.69 Å². The molecule has 0 saturated heterocycles. The van der Waals surface area contributed by atoms with Crippen molar-refractivity contribution in [2.75, 3.05) is 7.11 Å². The van der Waals surface area contributed by atoms with Crippen molar-refractivity contribution in [1.29, 1.82) is 0 Å². The average Bonchev–Trinajstić information content (AvgIpc) is 2.40. The highest BCUT2D eigenvalue weighted by Gasteiger charge is 2.15. The van der Waals surface area contributed by atoms with Crippen LogP contribution in [0.3, 0.4) is 0 Å². The molecule has 6 heteroatoms. The van der Waals surface area contributed by atoms with Gasteiger partial charge in [0.2, 0.25) is 0 Å². The van der Waals surface area contributed by atoms with E-state index in [1.54, 1.807) is 25.1 Å². The van der Waals surface area contributed by atoms with Gasteiger partial charge in [0.15, 0.2) is 0 Å². The third-order valence-corrected chi connectivity index (χ3v) is 2.99. The number of carbonyl (C=O) groups is 1. The minimum atomic E-state index is -0.667. The number of halogens is 1. The fourth-order valence-corrected chi connectivity index (χ4v) is 2.04. The van der Waals surface area contributed by atoms with Crippen LogP contribution in [-0.2, 0) is 4.74 Å². The fraction of sp³-hybridized carbons (Fsp3) is 0.154. The Hall–Kier alpha value is -1.95. The number of hydrogen-bond donors (Lipinski definition) is 0. The molecule has 19 heavy (non-hydrogen) atoms. The predicted molar refractivity (Wildman–Crippen MR) is 73.6 cm³/mol. The third kappa shape index (κ3) is 2.73. The van der Waals surface area contributed by atoms with Gasteiger partial charge in [-0.15, -0.1) is 0 Å². The topological polar surface area (TPSA) is 61.2 Å². The molecule has 0 aliphatic rings. The van der Waals surface area contributed by atoms with Crippen molar-refractivity contribution in [2.24, 2.45) is 0 Å². The molecular formula is C13H11BrN2O3. The third-order valence-electron chi connectivity index (χ3n) is 2.49. The van der Waals surface area contributed by atoms with Crippen LogP contribution in [0.15, 0.2) is 39.6 Å². The Morgan fingerprint density at radius 1 is 1.37 bits per heavy atom. The van der Waals surface area contributed by atoms with Crippen LogP contribution in [0.5, 0.6) is 0 Å². The van der Waals surface area contributed by atoms with Crippen molar-refractivity contribution < 1.29 is 9.53 Å². The lowest BCUT2D eigenvalue weighted by Crippen LogP contribution is -2.28. The number of aromatic nitrogens is 2. The molecule has 1 aromatic carbocycles. The van der Waals surface area contributed by atoms with Gasteiger partial charge in [-0.2, -0.15) is 9.78 Å². The van der Waals surface area contributed by atoms with E-state index in [-0.39, 0.29) is 5.56 Å². The molecular weight excluding hydrogens is 312 g/mol. The normalized spacial score (nSPS) is 10.3. The molecule has 0 atom stereocenters. The summed E-state index contributed by atoms with van der Waals surface area (Å²) < 4.78 is 6.60. The van der Waals surface area contributed by atoms with Crippen molar-refractivity contribution in [3.05, 3.63) is 56.4 Å². The van der Waals surface area contributed by atoms with Gasteiger partial charge in [0.1, 0.15) is 5.56 Å². The summed E-state index contributed by atoms with van der Waals surface area (Å²) in [5.74, 6) is -0.667. The smallest absolute Gasteiger partial charge is 0.343 e. The molecule has 2 aromatic rings. The molecule has 0 unspecified atom stereocenters. The molecule has 1 heterocycles. The standard InChI is InChI=1S/C13H11BrN2O3/c1-8-6-11(13(18)19-2)12(17)16(15-8)10-5-3-4-9(14)7-10/h3-7H,1-2H3. The molecule has 0 radical (unpaired) electrons. The maximum absolute atomic E-state index is 12.2. The summed E-state index contributed by atoms with van der Waals surface area (Å²) in [4.78, 5) is 23.8. The van der Waals surface area contributed by atoms with E-state index in [1.807, 2.05) is 6.07 Å². The van der Waals surface area contributed by atoms with Crippen molar-refractivity contribution in [3.63, 3.8) is 0 Å². The summed E-state index contributed by atoms with van der Waals surface area (Å²) >= 11 is 3.33. The van der Waals surface area contributed by atoms with Gasteiger partial charge in [-0.3, -0.25) is 4.79 Å². The van der Waals surface area contributed by atoms with Gasteiger partial charge in [-0.25, -0.2) is 4.79 Å². The molecule has 5 nitrogen and oxygen atoms in total. The van der Waals surface area contributed by atoms with E-state index < -0.39 is 11.5 Å². The second kappa shape index (κ2) is 5.36. The summed E-state index contributed by atoms with van der Waals surface area (Å²) in [6.07, 6.45) is 0. The van der Waals surface area contributed by atoms with Gasteiger partial charge in [-0.1, -0.05) is 22.0 Å². The number of nitrogens with zero attached hydrogens (tertiary/aromatic N) is 2. The highest BCUT2D eigenvalue weighted by Crippen LogP contribution is 2.13. The fourth-order valence-electron chi connectivity index (χ4n) is 1.66. The van der Waals surface area contributed by atoms with Crippen LogP contribution < -0.4 is 5.56 Å². The highest BCUT2D eigenvalue weighted by molar-refractivity contribution is 9.10. The molecule has 0 saturated carbocycles. The first kappa shape index (κ1) is 13.5. The van der Waals surface area contributed by atoms with Gasteiger partial charge >= 0.3 is 5.97 Å². The lowest BCUT2D eigenvalue weighted by molar-refractivity contribution is 0.0597. The van der Waals surface area contributed by atoms with Crippen molar-refractivity contribution in [1.82, 2.24) is 9.78 Å². The average molecular weight is 323 g/mol. The van der Waals surface area contributed by atoms with Crippen LogP contribution in [0.2, 0.25) is 0 Å². The van der Waals surface area contributed by atoms with Gasteiger partial charge in [-0.05, 0) is 31.2 Å². The summed E-state index contributed by atoms with van der Waals surface area (Å²) in [6, 6.07) is 8.52. The van der Waals surface area contributed by atoms with Gasteiger partial charge in [0.05, 0.1) is 18.5 Å². The number of aryl methyl sites for hydroxylation is 1. The first-order valence-corrected chi connectivity index (χ1v) is 6.27. The molecule has 0 aliphatic heterocycles. The Balaban J connectivity index is 2.68. The quantitative estimate of drug-likeness (QED) is 0.794. The zero-order valence-electron chi connectivity index (χ0n) is 10.4. The van der Waals surface area contributed by atoms with Crippen LogP contribution in [0.1, 0.15) is 16.1 Å². The number of hydrogen-bond acceptors (Lipinski definition) is 4. The van der Waals surface area contributed by atoms with E-state index in [9.17, 15) is 9.59 Å². The zero-order valence-corrected chi connectivity index (χ0v) is 12.0. The summed E-state index contributed by atoms with van der Waals surface area (Å²) in [7, 11) is 1.24. The minimum Gasteiger partial charge on any atom is -0.465 e. The number of methoxy groups -OCH3 is 1. The Kier molecular flexibility index (Phi) is 3.80. The molecule has 0 N–H and O–H groups in total. The first-order chi connectivity index (χ1) is 9.02. The van der Waals surface area contributed by atoms with E-state index in [0.29, 0.717) is 11.4 Å². The molecule has 0 aliphatic carbocycles. The van der Waals surface area contributed by atoms with Gasteiger partial charge in [0, 0.05) is 4.47 Å². The number of ether oxygens (including phenoxy) is 1. The Morgan fingerprint density at radius 3 is 2.74 bits per heavy atom. The van der Waals surface area contributed by atoms with E-state index >= 15 is 0 Å². The van der Waals surface area contributed by atoms with Crippen LogP contribution in [0, 0.1) is 6.92 Å². The first-order valence-electron chi connectivity index (χ1n) is 5.48. The highest BCUT2D eigenvalue weighted by atomic mass is 79.9. The van der Waals surface area contributed by atoms with Crippen LogP contribution in [0.4, 0.5) is 0 Å². The lowest BCUT2D eigenvalue weighted by Gasteiger charge is -2.08. The van der Waals surface area contributed by atoms with E-state index in [4.69, 9.17) is 0 Å². The second-order valence-electron chi connectivity index (χ2n) is 3.89. The van der Waals surface area contributed by atoms with Crippen LogP contribution >= 0.6 is 15.9 Å². The lowest BCUT2D eigenvalue weighted by atomic mass is 10.2. The molecule has 98 valence electrons. The molecule has 0 bridgehead atoms. The van der Waals surface area contributed by atoms with Crippen molar-refractivity contribution in [2.45, 2.75) is 6.92 Å². The zero-order chi connectivity index (χ0) is 14.0. The van der Waals surface area contributed by atoms with E-state index in [1.165, 1.54) is 17.9 Å².